The average molecular weight is 427 g/mol. The zero-order valence-corrected chi connectivity index (χ0v) is 17.2. The van der Waals surface area contributed by atoms with Gasteiger partial charge >= 0.3 is 0 Å². The molecule has 0 spiro atoms. The van der Waals surface area contributed by atoms with Gasteiger partial charge in [-0.05, 0) is 42.0 Å². The molecule has 1 atom stereocenters. The second-order valence-corrected chi connectivity index (χ2v) is 8.61. The van der Waals surface area contributed by atoms with Gasteiger partial charge < -0.3 is 5.32 Å². The Balaban J connectivity index is 1.60. The highest BCUT2D eigenvalue weighted by Crippen LogP contribution is 2.32. The summed E-state index contributed by atoms with van der Waals surface area (Å²) in [5.41, 5.74) is 3.81. The maximum absolute atomic E-state index is 13.4. The number of fused-ring (bicyclic) bond motifs is 1. The van der Waals surface area contributed by atoms with Crippen LogP contribution in [0.25, 0.3) is 0 Å². The van der Waals surface area contributed by atoms with Gasteiger partial charge in [0, 0.05) is 23.6 Å². The second-order valence-electron chi connectivity index (χ2n) is 7.76. The van der Waals surface area contributed by atoms with Crippen molar-refractivity contribution in [1.82, 2.24) is 10.2 Å². The predicted octanol–water partition coefficient (Wildman–Crippen LogP) is 5.00. The molecule has 1 aliphatic carbocycles. The van der Waals surface area contributed by atoms with E-state index < -0.39 is 0 Å². The number of rotatable bonds is 4. The molecule has 1 aliphatic heterocycles. The normalized spacial score (nSPS) is 19.3. The number of carbonyl (C=O) groups excluding carboxylic acids is 1. The first-order valence-electron chi connectivity index (χ1n) is 10.1. The summed E-state index contributed by atoms with van der Waals surface area (Å²) in [6, 6.07) is 16.8. The average Bonchev–Trinajstić information content (AvgIpc) is 2.70. The van der Waals surface area contributed by atoms with Crippen LogP contribution in [-0.4, -0.2) is 23.4 Å². The van der Waals surface area contributed by atoms with E-state index in [2.05, 4.69) is 56.5 Å². The van der Waals surface area contributed by atoms with Gasteiger partial charge in [-0.2, -0.15) is 0 Å². The molecule has 4 heteroatoms. The summed E-state index contributed by atoms with van der Waals surface area (Å²) in [6.07, 6.45) is 6.95. The number of halogens is 1. The van der Waals surface area contributed by atoms with Crippen molar-refractivity contribution >= 4 is 21.8 Å². The monoisotopic (exact) mass is 426 g/mol. The number of carbonyl (C=O) groups is 1. The molecular weight excluding hydrogens is 400 g/mol. The molecule has 0 saturated heterocycles. The van der Waals surface area contributed by atoms with Crippen molar-refractivity contribution in [2.75, 3.05) is 6.54 Å². The molecule has 0 radical (unpaired) electrons. The molecule has 1 unspecified atom stereocenters. The highest BCUT2D eigenvalue weighted by atomic mass is 79.9. The summed E-state index contributed by atoms with van der Waals surface area (Å²) in [5.74, 6) is 0.146. The predicted molar refractivity (Wildman–Crippen MR) is 112 cm³/mol. The molecular formula is C23H27BrN2O. The summed E-state index contributed by atoms with van der Waals surface area (Å²) < 4.78 is 1.01. The third-order valence-electron chi connectivity index (χ3n) is 5.93. The number of hydrogen-bond acceptors (Lipinski definition) is 2. The zero-order chi connectivity index (χ0) is 18.6. The van der Waals surface area contributed by atoms with Crippen LogP contribution in [0.5, 0.6) is 0 Å². The third-order valence-corrected chi connectivity index (χ3v) is 6.65. The lowest BCUT2D eigenvalue weighted by molar-refractivity contribution is -0.128. The van der Waals surface area contributed by atoms with Crippen molar-refractivity contribution in [2.45, 2.75) is 57.2 Å². The smallest absolute Gasteiger partial charge is 0.242 e. The quantitative estimate of drug-likeness (QED) is 0.745. The van der Waals surface area contributed by atoms with Gasteiger partial charge in [0.25, 0.3) is 0 Å². The van der Waals surface area contributed by atoms with E-state index in [0.29, 0.717) is 6.04 Å². The fraction of sp³-hybridized carbons (Fsp3) is 0.435. The first-order chi connectivity index (χ1) is 13.2. The van der Waals surface area contributed by atoms with Crippen LogP contribution in [0.4, 0.5) is 0 Å². The number of benzene rings is 2. The number of amides is 1. The van der Waals surface area contributed by atoms with Crippen LogP contribution in [0.3, 0.4) is 0 Å². The Kier molecular flexibility index (Phi) is 5.94. The Morgan fingerprint density at radius 2 is 1.70 bits per heavy atom. The molecule has 0 aromatic heterocycles. The molecule has 3 nitrogen and oxygen atoms in total. The van der Waals surface area contributed by atoms with E-state index in [0.717, 1.165) is 42.4 Å². The van der Waals surface area contributed by atoms with Crippen LogP contribution < -0.4 is 5.32 Å². The largest absolute Gasteiger partial charge is 0.352 e. The first kappa shape index (κ1) is 18.7. The molecule has 2 aromatic carbocycles. The molecule has 1 saturated carbocycles. The van der Waals surface area contributed by atoms with Gasteiger partial charge in [0.15, 0.2) is 0 Å². The Morgan fingerprint density at radius 3 is 2.48 bits per heavy atom. The Bertz CT molecular complexity index is 800. The van der Waals surface area contributed by atoms with Crippen molar-refractivity contribution in [1.29, 1.82) is 0 Å². The maximum Gasteiger partial charge on any atom is 0.242 e. The van der Waals surface area contributed by atoms with Gasteiger partial charge in [-0.3, -0.25) is 9.69 Å². The van der Waals surface area contributed by atoms with Crippen LogP contribution >= 0.6 is 15.9 Å². The Labute approximate surface area is 170 Å². The lowest BCUT2D eigenvalue weighted by Gasteiger charge is -2.36. The lowest BCUT2D eigenvalue weighted by atomic mass is 9.93. The molecule has 1 fully saturated rings. The van der Waals surface area contributed by atoms with Crippen molar-refractivity contribution in [3.05, 3.63) is 69.7 Å². The van der Waals surface area contributed by atoms with Gasteiger partial charge in [0.05, 0.1) is 0 Å². The fourth-order valence-electron chi connectivity index (χ4n) is 4.47. The van der Waals surface area contributed by atoms with E-state index in [1.54, 1.807) is 0 Å². The topological polar surface area (TPSA) is 32.3 Å². The highest BCUT2D eigenvalue weighted by molar-refractivity contribution is 9.10. The van der Waals surface area contributed by atoms with Crippen LogP contribution in [0.2, 0.25) is 0 Å². The Hall–Kier alpha value is -1.65. The molecule has 2 aliphatic rings. The molecule has 1 N–H and O–H groups in total. The fourth-order valence-corrected chi connectivity index (χ4v) is 4.97. The van der Waals surface area contributed by atoms with Crippen LogP contribution in [0.15, 0.2) is 53.0 Å². The SMILES string of the molecule is O=C(NC1CCCCC1)C(c1ccccc1Br)N1CCc2ccccc2C1. The van der Waals surface area contributed by atoms with Gasteiger partial charge in [0.1, 0.15) is 6.04 Å². The summed E-state index contributed by atoms with van der Waals surface area (Å²) in [6.45, 7) is 1.72. The molecule has 1 heterocycles. The lowest BCUT2D eigenvalue weighted by Crippen LogP contribution is -2.46. The summed E-state index contributed by atoms with van der Waals surface area (Å²) in [5, 5.41) is 3.36. The molecule has 4 rings (SSSR count). The van der Waals surface area contributed by atoms with Crippen molar-refractivity contribution in [2.24, 2.45) is 0 Å². The van der Waals surface area contributed by atoms with E-state index in [1.165, 1.54) is 30.4 Å². The molecule has 27 heavy (non-hydrogen) atoms. The van der Waals surface area contributed by atoms with Crippen molar-refractivity contribution in [3.8, 4) is 0 Å². The molecule has 1 amide bonds. The van der Waals surface area contributed by atoms with Gasteiger partial charge in [-0.1, -0.05) is 77.7 Å². The van der Waals surface area contributed by atoms with E-state index in [9.17, 15) is 4.79 Å². The molecule has 0 bridgehead atoms. The third kappa shape index (κ3) is 4.27. The van der Waals surface area contributed by atoms with Crippen molar-refractivity contribution < 1.29 is 4.79 Å². The van der Waals surface area contributed by atoms with E-state index in [-0.39, 0.29) is 11.9 Å². The minimum absolute atomic E-state index is 0.146. The minimum atomic E-state index is -0.254. The summed E-state index contributed by atoms with van der Waals surface area (Å²) in [7, 11) is 0. The van der Waals surface area contributed by atoms with Crippen LogP contribution in [-0.2, 0) is 17.8 Å². The number of nitrogens with zero attached hydrogens (tertiary/aromatic N) is 1. The molecule has 2 aromatic rings. The first-order valence-corrected chi connectivity index (χ1v) is 10.9. The number of hydrogen-bond donors (Lipinski definition) is 1. The van der Waals surface area contributed by atoms with Gasteiger partial charge in [0.2, 0.25) is 5.91 Å². The Morgan fingerprint density at radius 1 is 1.00 bits per heavy atom. The van der Waals surface area contributed by atoms with Gasteiger partial charge in [-0.15, -0.1) is 0 Å². The van der Waals surface area contributed by atoms with Crippen LogP contribution in [0, 0.1) is 0 Å². The van der Waals surface area contributed by atoms with Crippen molar-refractivity contribution in [3.63, 3.8) is 0 Å². The summed E-state index contributed by atoms with van der Waals surface area (Å²) >= 11 is 3.68. The van der Waals surface area contributed by atoms with E-state index >= 15 is 0 Å². The standard InChI is InChI=1S/C23H27BrN2O/c24-21-13-7-6-12-20(21)22(23(27)25-19-10-2-1-3-11-19)26-15-14-17-8-4-5-9-18(17)16-26/h4-9,12-13,19,22H,1-3,10-11,14-16H2,(H,25,27). The minimum Gasteiger partial charge on any atom is -0.352 e. The highest BCUT2D eigenvalue weighted by Gasteiger charge is 2.32. The van der Waals surface area contributed by atoms with E-state index in [4.69, 9.17) is 0 Å². The number of nitrogens with one attached hydrogen (secondary N) is 1. The molecule has 142 valence electrons. The van der Waals surface area contributed by atoms with Gasteiger partial charge in [-0.25, -0.2) is 0 Å². The summed E-state index contributed by atoms with van der Waals surface area (Å²) in [4.78, 5) is 15.7. The second kappa shape index (κ2) is 8.57. The maximum atomic E-state index is 13.4. The zero-order valence-electron chi connectivity index (χ0n) is 15.7. The van der Waals surface area contributed by atoms with E-state index in [1.807, 2.05) is 18.2 Å². The van der Waals surface area contributed by atoms with Crippen LogP contribution in [0.1, 0.15) is 54.8 Å².